The van der Waals surface area contributed by atoms with Crippen LogP contribution in [0.25, 0.3) is 0 Å². The molecular formula is C14H17F4N. The number of halogens is 4. The Hall–Kier alpha value is -1.10. The maximum Gasteiger partial charge on any atom is 0.416 e. The molecule has 1 saturated carbocycles. The third-order valence-corrected chi connectivity index (χ3v) is 3.79. The third-order valence-electron chi connectivity index (χ3n) is 3.79. The normalized spacial score (nSPS) is 18.8. The molecule has 1 aliphatic rings. The van der Waals surface area contributed by atoms with E-state index >= 15 is 0 Å². The van der Waals surface area contributed by atoms with Gasteiger partial charge in [-0.05, 0) is 37.5 Å². The number of nitrogens with one attached hydrogen (secondary N) is 1. The molecule has 5 heteroatoms. The van der Waals surface area contributed by atoms with Gasteiger partial charge in [-0.1, -0.05) is 18.9 Å². The Bertz CT molecular complexity index is 447. The molecule has 0 heterocycles. The van der Waals surface area contributed by atoms with Crippen molar-refractivity contribution >= 4 is 0 Å². The summed E-state index contributed by atoms with van der Waals surface area (Å²) in [5, 5.41) is 3.18. The summed E-state index contributed by atoms with van der Waals surface area (Å²) in [4.78, 5) is 0. The number of benzene rings is 1. The summed E-state index contributed by atoms with van der Waals surface area (Å²) in [6.45, 7) is 2.14. The SMILES string of the molecule is CC1(NCc2ccc(F)cc2C(F)(F)F)CCCC1. The first kappa shape index (κ1) is 14.3. The van der Waals surface area contributed by atoms with Gasteiger partial charge in [0.05, 0.1) is 5.56 Å². The fourth-order valence-electron chi connectivity index (χ4n) is 2.61. The first-order valence-electron chi connectivity index (χ1n) is 6.41. The number of rotatable bonds is 3. The maximum atomic E-state index is 13.0. The van der Waals surface area contributed by atoms with E-state index in [0.717, 1.165) is 31.7 Å². The van der Waals surface area contributed by atoms with Gasteiger partial charge in [0.25, 0.3) is 0 Å². The van der Waals surface area contributed by atoms with Gasteiger partial charge < -0.3 is 5.32 Å². The predicted octanol–water partition coefficient (Wildman–Crippen LogP) is 4.27. The van der Waals surface area contributed by atoms with E-state index in [1.54, 1.807) is 0 Å². The van der Waals surface area contributed by atoms with Crippen molar-refractivity contribution in [2.24, 2.45) is 0 Å². The van der Waals surface area contributed by atoms with Gasteiger partial charge in [0, 0.05) is 12.1 Å². The van der Waals surface area contributed by atoms with Crippen molar-refractivity contribution in [3.63, 3.8) is 0 Å². The zero-order chi connectivity index (χ0) is 14.1. The Morgan fingerprint density at radius 1 is 1.21 bits per heavy atom. The molecule has 0 atom stereocenters. The first-order chi connectivity index (χ1) is 8.80. The second kappa shape index (κ2) is 5.12. The third kappa shape index (κ3) is 3.47. The van der Waals surface area contributed by atoms with Crippen molar-refractivity contribution in [1.29, 1.82) is 0 Å². The van der Waals surface area contributed by atoms with E-state index in [-0.39, 0.29) is 17.6 Å². The Balaban J connectivity index is 2.16. The van der Waals surface area contributed by atoms with E-state index in [1.165, 1.54) is 6.07 Å². The summed E-state index contributed by atoms with van der Waals surface area (Å²) in [7, 11) is 0. The topological polar surface area (TPSA) is 12.0 Å². The maximum absolute atomic E-state index is 13.0. The van der Waals surface area contributed by atoms with E-state index < -0.39 is 17.6 Å². The van der Waals surface area contributed by atoms with Gasteiger partial charge in [-0.25, -0.2) is 4.39 Å². The van der Waals surface area contributed by atoms with E-state index in [2.05, 4.69) is 5.32 Å². The molecule has 0 aliphatic heterocycles. The monoisotopic (exact) mass is 275 g/mol. The standard InChI is InChI=1S/C14H17F4N/c1-13(6-2-3-7-13)19-9-10-4-5-11(15)8-12(10)14(16,17)18/h4-5,8,19H,2-3,6-7,9H2,1H3. The Labute approximate surface area is 110 Å². The second-order valence-corrected chi connectivity index (χ2v) is 5.42. The minimum atomic E-state index is -4.52. The van der Waals surface area contributed by atoms with Gasteiger partial charge in [-0.3, -0.25) is 0 Å². The zero-order valence-corrected chi connectivity index (χ0v) is 10.8. The molecule has 0 radical (unpaired) electrons. The number of hydrogen-bond donors (Lipinski definition) is 1. The summed E-state index contributed by atoms with van der Waals surface area (Å²) in [5.41, 5.74) is -0.888. The van der Waals surface area contributed by atoms with Gasteiger partial charge in [0.15, 0.2) is 0 Å². The Morgan fingerprint density at radius 2 is 1.84 bits per heavy atom. The van der Waals surface area contributed by atoms with Crippen LogP contribution >= 0.6 is 0 Å². The molecule has 1 N–H and O–H groups in total. The highest BCUT2D eigenvalue weighted by molar-refractivity contribution is 5.30. The lowest BCUT2D eigenvalue weighted by Crippen LogP contribution is -2.39. The van der Waals surface area contributed by atoms with Crippen LogP contribution in [0.1, 0.15) is 43.7 Å². The molecule has 2 rings (SSSR count). The summed E-state index contributed by atoms with van der Waals surface area (Å²) < 4.78 is 51.5. The quantitative estimate of drug-likeness (QED) is 0.812. The summed E-state index contributed by atoms with van der Waals surface area (Å²) >= 11 is 0. The van der Waals surface area contributed by atoms with Crippen LogP contribution in [-0.2, 0) is 12.7 Å². The number of alkyl halides is 3. The van der Waals surface area contributed by atoms with Crippen LogP contribution in [0.3, 0.4) is 0 Å². The lowest BCUT2D eigenvalue weighted by atomic mass is 9.99. The summed E-state index contributed by atoms with van der Waals surface area (Å²) in [6, 6.07) is 2.85. The van der Waals surface area contributed by atoms with Crippen molar-refractivity contribution < 1.29 is 17.6 Å². The van der Waals surface area contributed by atoms with E-state index in [0.29, 0.717) is 6.07 Å². The van der Waals surface area contributed by atoms with Crippen molar-refractivity contribution in [3.05, 3.63) is 35.1 Å². The van der Waals surface area contributed by atoms with Crippen LogP contribution in [0.4, 0.5) is 17.6 Å². The van der Waals surface area contributed by atoms with Crippen molar-refractivity contribution in [2.45, 2.75) is 50.9 Å². The molecule has 0 saturated heterocycles. The molecule has 1 nitrogen and oxygen atoms in total. The molecule has 0 amide bonds. The van der Waals surface area contributed by atoms with Gasteiger partial charge in [0.2, 0.25) is 0 Å². The highest BCUT2D eigenvalue weighted by Crippen LogP contribution is 2.34. The minimum absolute atomic E-state index is 0.0991. The van der Waals surface area contributed by atoms with Gasteiger partial charge in [-0.15, -0.1) is 0 Å². The van der Waals surface area contributed by atoms with E-state index in [9.17, 15) is 17.6 Å². The molecule has 1 fully saturated rings. The van der Waals surface area contributed by atoms with Crippen LogP contribution in [-0.4, -0.2) is 5.54 Å². The molecule has 1 aromatic carbocycles. The van der Waals surface area contributed by atoms with Gasteiger partial charge >= 0.3 is 6.18 Å². The molecule has 0 aromatic heterocycles. The van der Waals surface area contributed by atoms with Crippen LogP contribution in [0.15, 0.2) is 18.2 Å². The highest BCUT2D eigenvalue weighted by atomic mass is 19.4. The van der Waals surface area contributed by atoms with Crippen molar-refractivity contribution in [1.82, 2.24) is 5.32 Å². The molecule has 0 unspecified atom stereocenters. The highest BCUT2D eigenvalue weighted by Gasteiger charge is 2.34. The Morgan fingerprint density at radius 3 is 2.42 bits per heavy atom. The first-order valence-corrected chi connectivity index (χ1v) is 6.41. The van der Waals surface area contributed by atoms with Gasteiger partial charge in [0.1, 0.15) is 5.82 Å². The van der Waals surface area contributed by atoms with Crippen LogP contribution in [0.5, 0.6) is 0 Å². The molecule has 1 aromatic rings. The molecule has 0 spiro atoms. The molecular weight excluding hydrogens is 258 g/mol. The Kier molecular flexibility index (Phi) is 3.85. The average molecular weight is 275 g/mol. The molecule has 106 valence electrons. The lowest BCUT2D eigenvalue weighted by Gasteiger charge is -2.26. The van der Waals surface area contributed by atoms with E-state index in [4.69, 9.17) is 0 Å². The molecule has 1 aliphatic carbocycles. The predicted molar refractivity (Wildman–Crippen MR) is 65.1 cm³/mol. The lowest BCUT2D eigenvalue weighted by molar-refractivity contribution is -0.138. The molecule has 19 heavy (non-hydrogen) atoms. The van der Waals surface area contributed by atoms with Crippen molar-refractivity contribution in [2.75, 3.05) is 0 Å². The summed E-state index contributed by atoms with van der Waals surface area (Å²) in [5.74, 6) is -0.858. The van der Waals surface area contributed by atoms with E-state index in [1.807, 2.05) is 6.92 Å². The fraction of sp³-hybridized carbons (Fsp3) is 0.571. The fourth-order valence-corrected chi connectivity index (χ4v) is 2.61. The zero-order valence-electron chi connectivity index (χ0n) is 10.8. The number of hydrogen-bond acceptors (Lipinski definition) is 1. The average Bonchev–Trinajstić information content (AvgIpc) is 2.74. The smallest absolute Gasteiger partial charge is 0.307 e. The second-order valence-electron chi connectivity index (χ2n) is 5.42. The summed E-state index contributed by atoms with van der Waals surface area (Å²) in [6.07, 6.45) is -0.390. The van der Waals surface area contributed by atoms with Crippen LogP contribution < -0.4 is 5.32 Å². The molecule has 0 bridgehead atoms. The van der Waals surface area contributed by atoms with Crippen LogP contribution in [0.2, 0.25) is 0 Å². The minimum Gasteiger partial charge on any atom is -0.307 e. The van der Waals surface area contributed by atoms with Crippen LogP contribution in [0, 0.1) is 5.82 Å². The van der Waals surface area contributed by atoms with Gasteiger partial charge in [-0.2, -0.15) is 13.2 Å². The van der Waals surface area contributed by atoms with Crippen molar-refractivity contribution in [3.8, 4) is 0 Å². The largest absolute Gasteiger partial charge is 0.416 e.